The Bertz CT molecular complexity index is 860. The van der Waals surface area contributed by atoms with Gasteiger partial charge in [0.15, 0.2) is 0 Å². The Kier molecular flexibility index (Phi) is 5.13. The summed E-state index contributed by atoms with van der Waals surface area (Å²) >= 11 is 0. The van der Waals surface area contributed by atoms with Crippen LogP contribution in [0.25, 0.3) is 11.1 Å². The van der Waals surface area contributed by atoms with Crippen LogP contribution in [0.2, 0.25) is 0 Å². The average molecular weight is 395 g/mol. The number of carbonyl (C=O) groups excluding carboxylic acids is 1. The molecule has 0 saturated carbocycles. The van der Waals surface area contributed by atoms with Crippen LogP contribution in [0.1, 0.15) is 39.2 Å². The Morgan fingerprint density at radius 2 is 1.62 bits per heavy atom. The smallest absolute Gasteiger partial charge is 0.410 e. The van der Waals surface area contributed by atoms with E-state index in [1.807, 2.05) is 57.2 Å². The van der Waals surface area contributed by atoms with E-state index in [0.29, 0.717) is 26.1 Å². The van der Waals surface area contributed by atoms with Crippen LogP contribution in [0.15, 0.2) is 54.6 Å². The number of rotatable bonds is 2. The van der Waals surface area contributed by atoms with Crippen molar-refractivity contribution in [1.82, 2.24) is 4.90 Å². The fourth-order valence-corrected chi connectivity index (χ4v) is 4.57. The highest BCUT2D eigenvalue weighted by Crippen LogP contribution is 2.44. The molecule has 2 aliphatic heterocycles. The van der Waals surface area contributed by atoms with Crippen molar-refractivity contribution in [1.29, 1.82) is 0 Å². The molecule has 154 valence electrons. The Balaban J connectivity index is 1.66. The van der Waals surface area contributed by atoms with Gasteiger partial charge in [0.1, 0.15) is 5.60 Å². The largest absolute Gasteiger partial charge is 0.444 e. The summed E-state index contributed by atoms with van der Waals surface area (Å²) in [6.45, 7) is 6.42. The third kappa shape index (κ3) is 4.02. The number of hydrogen-bond acceptors (Lipinski definition) is 4. The summed E-state index contributed by atoms with van der Waals surface area (Å²) in [6.07, 6.45) is 0.522. The summed E-state index contributed by atoms with van der Waals surface area (Å²) in [5, 5.41) is 11.8. The van der Waals surface area contributed by atoms with Gasteiger partial charge in [-0.25, -0.2) is 4.79 Å². The summed E-state index contributed by atoms with van der Waals surface area (Å²) in [4.78, 5) is 14.6. The van der Waals surface area contributed by atoms with Crippen LogP contribution in [0.4, 0.5) is 4.79 Å². The van der Waals surface area contributed by atoms with Crippen LogP contribution >= 0.6 is 0 Å². The first-order valence-electron chi connectivity index (χ1n) is 10.2. The van der Waals surface area contributed by atoms with Crippen molar-refractivity contribution < 1.29 is 19.4 Å². The number of benzene rings is 2. The normalized spacial score (nSPS) is 26.8. The molecule has 0 radical (unpaired) electrons. The van der Waals surface area contributed by atoms with Gasteiger partial charge in [0.25, 0.3) is 0 Å². The van der Waals surface area contributed by atoms with Crippen molar-refractivity contribution in [3.8, 4) is 11.1 Å². The number of hydrogen-bond donors (Lipinski definition) is 1. The SMILES string of the molecule is CC(C)(C)OC(=O)N1C2COCC1CC(O)(c1ccccc1-c1ccccc1)C2. The second kappa shape index (κ2) is 7.47. The van der Waals surface area contributed by atoms with Crippen LogP contribution in [0.5, 0.6) is 0 Å². The van der Waals surface area contributed by atoms with Crippen molar-refractivity contribution in [2.45, 2.75) is 56.9 Å². The second-order valence-corrected chi connectivity index (χ2v) is 9.08. The molecule has 2 saturated heterocycles. The third-order valence-electron chi connectivity index (χ3n) is 5.67. The molecule has 0 spiro atoms. The van der Waals surface area contributed by atoms with Crippen molar-refractivity contribution in [3.05, 3.63) is 60.2 Å². The highest BCUT2D eigenvalue weighted by atomic mass is 16.6. The van der Waals surface area contributed by atoms with E-state index >= 15 is 0 Å². The van der Waals surface area contributed by atoms with Crippen molar-refractivity contribution in [3.63, 3.8) is 0 Å². The van der Waals surface area contributed by atoms with Crippen LogP contribution in [0.3, 0.4) is 0 Å². The average Bonchev–Trinajstić information content (AvgIpc) is 2.66. The molecule has 2 heterocycles. The lowest BCUT2D eigenvalue weighted by molar-refractivity contribution is -0.141. The Labute approximate surface area is 172 Å². The van der Waals surface area contributed by atoms with Gasteiger partial charge < -0.3 is 14.6 Å². The zero-order chi connectivity index (χ0) is 20.6. The lowest BCUT2D eigenvalue weighted by Gasteiger charge is -2.51. The predicted molar refractivity (Wildman–Crippen MR) is 111 cm³/mol. The number of piperidine rings is 1. The summed E-state index contributed by atoms with van der Waals surface area (Å²) in [7, 11) is 0. The minimum atomic E-state index is -1.02. The molecular weight excluding hydrogens is 366 g/mol. The standard InChI is InChI=1S/C24H29NO4/c1-23(2,3)29-22(26)25-18-13-24(27,14-19(25)16-28-15-18)21-12-8-7-11-20(21)17-9-5-4-6-10-17/h4-12,18-19,27H,13-16H2,1-3H3. The molecule has 5 heteroatoms. The van der Waals surface area contributed by atoms with Gasteiger partial charge in [0, 0.05) is 12.8 Å². The fraction of sp³-hybridized carbons (Fsp3) is 0.458. The van der Waals surface area contributed by atoms with E-state index in [9.17, 15) is 9.90 Å². The van der Waals surface area contributed by atoms with Crippen LogP contribution < -0.4 is 0 Å². The number of aliphatic hydroxyl groups is 1. The molecule has 2 aromatic rings. The summed E-state index contributed by atoms with van der Waals surface area (Å²) in [5.41, 5.74) is 1.43. The van der Waals surface area contributed by atoms with Gasteiger partial charge in [-0.1, -0.05) is 54.6 Å². The van der Waals surface area contributed by atoms with Crippen molar-refractivity contribution >= 4 is 6.09 Å². The Morgan fingerprint density at radius 3 is 2.24 bits per heavy atom. The lowest BCUT2D eigenvalue weighted by atomic mass is 9.74. The zero-order valence-electron chi connectivity index (χ0n) is 17.3. The first-order valence-corrected chi connectivity index (χ1v) is 10.2. The van der Waals surface area contributed by atoms with Crippen LogP contribution in [-0.2, 0) is 15.1 Å². The Morgan fingerprint density at radius 1 is 1.03 bits per heavy atom. The molecule has 5 nitrogen and oxygen atoms in total. The summed E-state index contributed by atoms with van der Waals surface area (Å²) in [6, 6.07) is 17.7. The second-order valence-electron chi connectivity index (χ2n) is 9.08. The molecule has 1 amide bonds. The van der Waals surface area contributed by atoms with Crippen LogP contribution in [0, 0.1) is 0 Å². The number of nitrogens with zero attached hydrogens (tertiary/aromatic N) is 1. The molecular formula is C24H29NO4. The minimum absolute atomic E-state index is 0.217. The van der Waals surface area contributed by atoms with Crippen molar-refractivity contribution in [2.75, 3.05) is 13.2 Å². The van der Waals surface area contributed by atoms with Gasteiger partial charge in [-0.2, -0.15) is 0 Å². The number of morpholine rings is 1. The quantitative estimate of drug-likeness (QED) is 0.822. The number of fused-ring (bicyclic) bond motifs is 2. The number of amides is 1. The highest BCUT2D eigenvalue weighted by molar-refractivity contribution is 5.71. The van der Waals surface area contributed by atoms with Gasteiger partial charge in [-0.3, -0.25) is 4.90 Å². The molecule has 4 rings (SSSR count). The third-order valence-corrected chi connectivity index (χ3v) is 5.67. The van der Waals surface area contributed by atoms with E-state index in [4.69, 9.17) is 9.47 Å². The zero-order valence-corrected chi connectivity index (χ0v) is 17.3. The maximum atomic E-state index is 12.8. The maximum Gasteiger partial charge on any atom is 0.410 e. The van der Waals surface area contributed by atoms with E-state index in [1.165, 1.54) is 0 Å². The van der Waals surface area contributed by atoms with Gasteiger partial charge in [-0.05, 0) is 37.5 Å². The molecule has 2 bridgehead atoms. The molecule has 2 aromatic carbocycles. The van der Waals surface area contributed by atoms with E-state index in [0.717, 1.165) is 16.7 Å². The van der Waals surface area contributed by atoms with E-state index in [1.54, 1.807) is 4.90 Å². The molecule has 29 heavy (non-hydrogen) atoms. The van der Waals surface area contributed by atoms with E-state index in [-0.39, 0.29) is 18.2 Å². The van der Waals surface area contributed by atoms with Crippen molar-refractivity contribution in [2.24, 2.45) is 0 Å². The monoisotopic (exact) mass is 395 g/mol. The van der Waals surface area contributed by atoms with E-state index in [2.05, 4.69) is 18.2 Å². The van der Waals surface area contributed by atoms with Gasteiger partial charge >= 0.3 is 6.09 Å². The first kappa shape index (κ1) is 19.9. The molecule has 2 unspecified atom stereocenters. The van der Waals surface area contributed by atoms with Gasteiger partial charge in [0.2, 0.25) is 0 Å². The molecule has 2 fully saturated rings. The molecule has 2 atom stereocenters. The summed E-state index contributed by atoms with van der Waals surface area (Å²) in [5.74, 6) is 0. The first-order chi connectivity index (χ1) is 13.8. The van der Waals surface area contributed by atoms with Crippen LogP contribution in [-0.4, -0.2) is 47.0 Å². The molecule has 1 N–H and O–H groups in total. The van der Waals surface area contributed by atoms with E-state index < -0.39 is 11.2 Å². The molecule has 0 aliphatic carbocycles. The topological polar surface area (TPSA) is 59.0 Å². The molecule has 2 aliphatic rings. The van der Waals surface area contributed by atoms with Gasteiger partial charge in [-0.15, -0.1) is 0 Å². The number of ether oxygens (including phenoxy) is 2. The predicted octanol–water partition coefficient (Wildman–Crippen LogP) is 4.34. The fourth-order valence-electron chi connectivity index (χ4n) is 4.57. The highest BCUT2D eigenvalue weighted by Gasteiger charge is 2.50. The number of carbonyl (C=O) groups is 1. The minimum Gasteiger partial charge on any atom is -0.444 e. The Hall–Kier alpha value is -2.37. The summed E-state index contributed by atoms with van der Waals surface area (Å²) < 4.78 is 11.4. The van der Waals surface area contributed by atoms with Gasteiger partial charge in [0.05, 0.1) is 30.9 Å². The molecule has 0 aromatic heterocycles. The maximum absolute atomic E-state index is 12.8. The lowest BCUT2D eigenvalue weighted by Crippen LogP contribution is -2.63.